The molecule has 0 aliphatic rings. The van der Waals surface area contributed by atoms with Gasteiger partial charge in [0.15, 0.2) is 0 Å². The summed E-state index contributed by atoms with van der Waals surface area (Å²) in [7, 11) is 0. The lowest BCUT2D eigenvalue weighted by Gasteiger charge is -2.18. The SMILES string of the molecule is CC(=O)NC(CCC(=O)O)Cc1cc(Cl)cc(Cl)c1O. The minimum atomic E-state index is -0.950. The number of carbonyl (C=O) groups is 2. The topological polar surface area (TPSA) is 86.6 Å². The van der Waals surface area contributed by atoms with Crippen LogP contribution in [-0.4, -0.2) is 28.1 Å². The first-order valence-corrected chi connectivity index (χ1v) is 6.71. The van der Waals surface area contributed by atoms with Crippen LogP contribution in [0.15, 0.2) is 12.1 Å². The van der Waals surface area contributed by atoms with E-state index in [-0.39, 0.29) is 35.9 Å². The number of halogens is 2. The van der Waals surface area contributed by atoms with E-state index in [1.807, 2.05) is 0 Å². The molecule has 1 aromatic carbocycles. The van der Waals surface area contributed by atoms with E-state index in [1.165, 1.54) is 13.0 Å². The molecule has 5 nitrogen and oxygen atoms in total. The highest BCUT2D eigenvalue weighted by atomic mass is 35.5. The fourth-order valence-electron chi connectivity index (χ4n) is 1.85. The molecular formula is C13H15Cl2NO4. The number of hydrogen-bond acceptors (Lipinski definition) is 3. The molecule has 0 radical (unpaired) electrons. The summed E-state index contributed by atoms with van der Waals surface area (Å²) >= 11 is 11.7. The Balaban J connectivity index is 2.88. The second-order valence-corrected chi connectivity index (χ2v) is 5.27. The fraction of sp³-hybridized carbons (Fsp3) is 0.385. The van der Waals surface area contributed by atoms with Gasteiger partial charge in [-0.2, -0.15) is 0 Å². The van der Waals surface area contributed by atoms with Crippen molar-refractivity contribution in [2.45, 2.75) is 32.2 Å². The van der Waals surface area contributed by atoms with E-state index in [9.17, 15) is 14.7 Å². The first kappa shape index (κ1) is 16.6. The van der Waals surface area contributed by atoms with Gasteiger partial charge in [0.25, 0.3) is 0 Å². The lowest BCUT2D eigenvalue weighted by molar-refractivity contribution is -0.137. The van der Waals surface area contributed by atoms with E-state index in [0.717, 1.165) is 0 Å². The average Bonchev–Trinajstić information content (AvgIpc) is 2.31. The lowest BCUT2D eigenvalue weighted by atomic mass is 10.0. The third-order valence-corrected chi connectivity index (χ3v) is 3.19. The third-order valence-electron chi connectivity index (χ3n) is 2.69. The molecule has 110 valence electrons. The molecule has 20 heavy (non-hydrogen) atoms. The Bertz CT molecular complexity index is 519. The number of benzene rings is 1. The zero-order valence-electron chi connectivity index (χ0n) is 10.8. The van der Waals surface area contributed by atoms with Crippen LogP contribution < -0.4 is 5.32 Å². The molecule has 0 aromatic heterocycles. The van der Waals surface area contributed by atoms with E-state index < -0.39 is 12.0 Å². The van der Waals surface area contributed by atoms with Gasteiger partial charge in [0.1, 0.15) is 5.75 Å². The predicted octanol–water partition coefficient (Wildman–Crippen LogP) is 2.61. The molecule has 0 spiro atoms. The number of phenolic OH excluding ortho intramolecular Hbond substituents is 1. The van der Waals surface area contributed by atoms with Crippen LogP contribution in [0.1, 0.15) is 25.3 Å². The quantitative estimate of drug-likeness (QED) is 0.752. The van der Waals surface area contributed by atoms with Gasteiger partial charge in [-0.3, -0.25) is 9.59 Å². The summed E-state index contributed by atoms with van der Waals surface area (Å²) in [6, 6.07) is 2.54. The molecule has 0 aliphatic heterocycles. The summed E-state index contributed by atoms with van der Waals surface area (Å²) in [5.74, 6) is -1.33. The summed E-state index contributed by atoms with van der Waals surface area (Å²) in [6.45, 7) is 1.35. The molecule has 1 aromatic rings. The largest absolute Gasteiger partial charge is 0.506 e. The minimum Gasteiger partial charge on any atom is -0.506 e. The molecule has 1 rings (SSSR count). The van der Waals surface area contributed by atoms with E-state index in [4.69, 9.17) is 28.3 Å². The highest BCUT2D eigenvalue weighted by Crippen LogP contribution is 2.32. The van der Waals surface area contributed by atoms with Crippen molar-refractivity contribution < 1.29 is 19.8 Å². The van der Waals surface area contributed by atoms with Crippen LogP contribution in [0.3, 0.4) is 0 Å². The van der Waals surface area contributed by atoms with Crippen LogP contribution in [0.25, 0.3) is 0 Å². The summed E-state index contributed by atoms with van der Waals surface area (Å²) < 4.78 is 0. The highest BCUT2D eigenvalue weighted by molar-refractivity contribution is 6.35. The molecule has 3 N–H and O–H groups in total. The number of rotatable bonds is 6. The monoisotopic (exact) mass is 319 g/mol. The Morgan fingerprint density at radius 2 is 2.00 bits per heavy atom. The number of carbonyl (C=O) groups excluding carboxylic acids is 1. The third kappa shape index (κ3) is 5.27. The van der Waals surface area contributed by atoms with Gasteiger partial charge in [0.2, 0.25) is 5.91 Å². The van der Waals surface area contributed by atoms with Crippen molar-refractivity contribution in [1.82, 2.24) is 5.32 Å². The van der Waals surface area contributed by atoms with Crippen molar-refractivity contribution in [3.05, 3.63) is 27.7 Å². The van der Waals surface area contributed by atoms with Crippen LogP contribution in [0.5, 0.6) is 5.75 Å². The average molecular weight is 320 g/mol. The van der Waals surface area contributed by atoms with Crippen LogP contribution in [0, 0.1) is 0 Å². The van der Waals surface area contributed by atoms with Crippen LogP contribution >= 0.6 is 23.2 Å². The van der Waals surface area contributed by atoms with Crippen LogP contribution in [0.2, 0.25) is 10.0 Å². The minimum absolute atomic E-state index is 0.0833. The molecule has 0 bridgehead atoms. The summed E-state index contributed by atoms with van der Waals surface area (Å²) in [5.41, 5.74) is 0.464. The van der Waals surface area contributed by atoms with Crippen molar-refractivity contribution in [3.63, 3.8) is 0 Å². The molecule has 7 heteroatoms. The number of hydrogen-bond donors (Lipinski definition) is 3. The zero-order valence-corrected chi connectivity index (χ0v) is 12.3. The van der Waals surface area contributed by atoms with Gasteiger partial charge in [0, 0.05) is 24.4 Å². The molecule has 0 saturated carbocycles. The van der Waals surface area contributed by atoms with Crippen molar-refractivity contribution in [3.8, 4) is 5.75 Å². The van der Waals surface area contributed by atoms with E-state index in [0.29, 0.717) is 10.6 Å². The van der Waals surface area contributed by atoms with Gasteiger partial charge >= 0.3 is 5.97 Å². The normalized spacial score (nSPS) is 11.9. The highest BCUT2D eigenvalue weighted by Gasteiger charge is 2.16. The Morgan fingerprint density at radius 1 is 1.35 bits per heavy atom. The van der Waals surface area contributed by atoms with E-state index >= 15 is 0 Å². The van der Waals surface area contributed by atoms with Crippen molar-refractivity contribution in [2.24, 2.45) is 0 Å². The fourth-order valence-corrected chi connectivity index (χ4v) is 2.39. The number of aliphatic carboxylic acids is 1. The molecule has 0 saturated heterocycles. The zero-order chi connectivity index (χ0) is 15.3. The molecule has 0 aliphatic carbocycles. The molecule has 0 fully saturated rings. The summed E-state index contributed by atoms with van der Waals surface area (Å²) in [6.07, 6.45) is 0.414. The van der Waals surface area contributed by atoms with Gasteiger partial charge in [-0.15, -0.1) is 0 Å². The van der Waals surface area contributed by atoms with Crippen molar-refractivity contribution in [1.29, 1.82) is 0 Å². The number of carboxylic acids is 1. The van der Waals surface area contributed by atoms with E-state index in [2.05, 4.69) is 5.32 Å². The van der Waals surface area contributed by atoms with Gasteiger partial charge in [-0.1, -0.05) is 23.2 Å². The Morgan fingerprint density at radius 3 is 2.55 bits per heavy atom. The second-order valence-electron chi connectivity index (χ2n) is 4.43. The number of nitrogens with one attached hydrogen (secondary N) is 1. The van der Waals surface area contributed by atoms with Gasteiger partial charge in [-0.25, -0.2) is 0 Å². The molecule has 1 amide bonds. The van der Waals surface area contributed by atoms with Gasteiger partial charge < -0.3 is 15.5 Å². The van der Waals surface area contributed by atoms with E-state index in [1.54, 1.807) is 6.07 Å². The molecular weight excluding hydrogens is 305 g/mol. The molecule has 0 heterocycles. The molecule has 1 unspecified atom stereocenters. The predicted molar refractivity (Wildman–Crippen MR) is 76.3 cm³/mol. The Labute approximate surface area is 126 Å². The maximum Gasteiger partial charge on any atom is 0.303 e. The first-order valence-electron chi connectivity index (χ1n) is 5.95. The number of amides is 1. The van der Waals surface area contributed by atoms with Crippen molar-refractivity contribution in [2.75, 3.05) is 0 Å². The molecule has 1 atom stereocenters. The second kappa shape index (κ2) is 7.36. The smallest absolute Gasteiger partial charge is 0.303 e. The number of phenols is 1. The first-order chi connectivity index (χ1) is 9.29. The maximum atomic E-state index is 11.1. The standard InChI is InChI=1S/C13H15Cl2NO4/c1-7(17)16-10(2-3-12(18)19)5-8-4-9(14)6-11(15)13(8)20/h4,6,10,20H,2-3,5H2,1H3,(H,16,17)(H,18,19). The lowest BCUT2D eigenvalue weighted by Crippen LogP contribution is -2.35. The maximum absolute atomic E-state index is 11.1. The van der Waals surface area contributed by atoms with Crippen LogP contribution in [-0.2, 0) is 16.0 Å². The van der Waals surface area contributed by atoms with Gasteiger partial charge in [-0.05, 0) is 30.5 Å². The Hall–Kier alpha value is -1.46. The van der Waals surface area contributed by atoms with Crippen LogP contribution in [0.4, 0.5) is 0 Å². The summed E-state index contributed by atoms with van der Waals surface area (Å²) in [4.78, 5) is 21.7. The number of carboxylic acid groups (broad SMARTS) is 1. The summed E-state index contributed by atoms with van der Waals surface area (Å²) in [5, 5.41) is 21.7. The van der Waals surface area contributed by atoms with Gasteiger partial charge in [0.05, 0.1) is 5.02 Å². The number of aromatic hydroxyl groups is 1. The Kier molecular flexibility index (Phi) is 6.10. The van der Waals surface area contributed by atoms with Crippen molar-refractivity contribution >= 4 is 35.1 Å².